The summed E-state index contributed by atoms with van der Waals surface area (Å²) in [4.78, 5) is 11.2. The molecule has 0 amide bonds. The standard InChI is InChI=1S/C22H25NO5S/c1-2-11-29(26,27)23-10-6-7-18(16-23)19-12-17(14-22(24)25)13-21(15-19)28-20-8-4-3-5-9-20/h2-5,8-9,12-13,15,18H,1,6-7,10-11,14,16H2,(H,24,25). The van der Waals surface area contributed by atoms with Gasteiger partial charge in [0.2, 0.25) is 10.0 Å². The van der Waals surface area contributed by atoms with Crippen LogP contribution in [0.4, 0.5) is 0 Å². The number of aliphatic carboxylic acids is 1. The van der Waals surface area contributed by atoms with E-state index < -0.39 is 16.0 Å². The van der Waals surface area contributed by atoms with Gasteiger partial charge in [-0.15, -0.1) is 6.58 Å². The van der Waals surface area contributed by atoms with E-state index in [4.69, 9.17) is 4.74 Å². The van der Waals surface area contributed by atoms with Gasteiger partial charge in [0.25, 0.3) is 0 Å². The van der Waals surface area contributed by atoms with E-state index in [9.17, 15) is 18.3 Å². The van der Waals surface area contributed by atoms with E-state index in [1.165, 1.54) is 10.4 Å². The number of hydrogen-bond donors (Lipinski definition) is 1. The first kappa shape index (κ1) is 21.1. The van der Waals surface area contributed by atoms with E-state index in [0.717, 1.165) is 18.4 Å². The van der Waals surface area contributed by atoms with E-state index in [1.54, 1.807) is 6.07 Å². The molecule has 1 fully saturated rings. The van der Waals surface area contributed by atoms with Gasteiger partial charge in [0.15, 0.2) is 0 Å². The minimum absolute atomic E-state index is 0.0183. The zero-order valence-corrected chi connectivity index (χ0v) is 17.0. The number of benzene rings is 2. The van der Waals surface area contributed by atoms with Crippen molar-refractivity contribution in [3.8, 4) is 11.5 Å². The lowest BCUT2D eigenvalue weighted by Crippen LogP contribution is -2.40. The predicted molar refractivity (Wildman–Crippen MR) is 112 cm³/mol. The number of hydrogen-bond acceptors (Lipinski definition) is 4. The first-order valence-electron chi connectivity index (χ1n) is 9.54. The van der Waals surface area contributed by atoms with Crippen molar-refractivity contribution in [1.82, 2.24) is 4.31 Å². The molecule has 2 aromatic carbocycles. The lowest BCUT2D eigenvalue weighted by Gasteiger charge is -2.32. The van der Waals surface area contributed by atoms with Gasteiger partial charge >= 0.3 is 5.97 Å². The van der Waals surface area contributed by atoms with Gasteiger partial charge in [0.1, 0.15) is 11.5 Å². The minimum atomic E-state index is -3.37. The van der Waals surface area contributed by atoms with Crippen LogP contribution >= 0.6 is 0 Å². The van der Waals surface area contributed by atoms with Gasteiger partial charge in [0, 0.05) is 13.1 Å². The van der Waals surface area contributed by atoms with Crippen molar-refractivity contribution < 1.29 is 23.1 Å². The quantitative estimate of drug-likeness (QED) is 0.663. The van der Waals surface area contributed by atoms with E-state index >= 15 is 0 Å². The molecule has 1 aliphatic heterocycles. The highest BCUT2D eigenvalue weighted by Gasteiger charge is 2.29. The Morgan fingerprint density at radius 3 is 2.66 bits per heavy atom. The zero-order chi connectivity index (χ0) is 20.9. The van der Waals surface area contributed by atoms with Crippen LogP contribution in [0.5, 0.6) is 11.5 Å². The summed E-state index contributed by atoms with van der Waals surface area (Å²) in [7, 11) is -3.37. The van der Waals surface area contributed by atoms with Gasteiger partial charge in [-0.2, -0.15) is 0 Å². The van der Waals surface area contributed by atoms with Crippen LogP contribution in [0.2, 0.25) is 0 Å². The van der Waals surface area contributed by atoms with Crippen molar-refractivity contribution in [2.24, 2.45) is 0 Å². The van der Waals surface area contributed by atoms with Crippen molar-refractivity contribution in [1.29, 1.82) is 0 Å². The summed E-state index contributed by atoms with van der Waals surface area (Å²) in [6.07, 6.45) is 2.86. The smallest absolute Gasteiger partial charge is 0.307 e. The van der Waals surface area contributed by atoms with Gasteiger partial charge in [0.05, 0.1) is 12.2 Å². The van der Waals surface area contributed by atoms with Gasteiger partial charge < -0.3 is 9.84 Å². The summed E-state index contributed by atoms with van der Waals surface area (Å²) in [6.45, 7) is 4.40. The van der Waals surface area contributed by atoms with E-state index in [0.29, 0.717) is 30.2 Å². The molecular weight excluding hydrogens is 390 g/mol. The molecule has 1 N–H and O–H groups in total. The summed E-state index contributed by atoms with van der Waals surface area (Å²) in [6, 6.07) is 14.7. The normalized spacial score (nSPS) is 17.6. The van der Waals surface area contributed by atoms with Crippen LogP contribution in [-0.2, 0) is 21.2 Å². The maximum atomic E-state index is 12.4. The first-order chi connectivity index (χ1) is 13.9. The molecular formula is C22H25NO5S. The van der Waals surface area contributed by atoms with E-state index in [2.05, 4.69) is 6.58 Å². The summed E-state index contributed by atoms with van der Waals surface area (Å²) in [5.74, 6) is 0.184. The molecule has 0 bridgehead atoms. The molecule has 1 atom stereocenters. The fourth-order valence-corrected chi connectivity index (χ4v) is 4.93. The molecule has 0 saturated carbocycles. The highest BCUT2D eigenvalue weighted by Crippen LogP contribution is 2.33. The molecule has 0 spiro atoms. The number of piperidine rings is 1. The van der Waals surface area contributed by atoms with Gasteiger partial charge in [-0.3, -0.25) is 4.79 Å². The van der Waals surface area contributed by atoms with Crippen LogP contribution in [0.25, 0.3) is 0 Å². The maximum absolute atomic E-state index is 12.4. The molecule has 0 aromatic heterocycles. The Kier molecular flexibility index (Phi) is 6.71. The second-order valence-electron chi connectivity index (χ2n) is 7.16. The number of nitrogens with zero attached hydrogens (tertiary/aromatic N) is 1. The molecule has 29 heavy (non-hydrogen) atoms. The number of rotatable bonds is 8. The summed E-state index contributed by atoms with van der Waals surface area (Å²) in [5, 5.41) is 9.22. The lowest BCUT2D eigenvalue weighted by atomic mass is 9.90. The SMILES string of the molecule is C=CCS(=O)(=O)N1CCCC(c2cc(CC(=O)O)cc(Oc3ccccc3)c2)C1. The summed E-state index contributed by atoms with van der Waals surface area (Å²) in [5.41, 5.74) is 1.53. The van der Waals surface area contributed by atoms with Gasteiger partial charge in [-0.1, -0.05) is 30.3 Å². The Hall–Kier alpha value is -2.64. The third-order valence-corrected chi connectivity index (χ3v) is 6.68. The summed E-state index contributed by atoms with van der Waals surface area (Å²) >= 11 is 0. The van der Waals surface area contributed by atoms with Crippen molar-refractivity contribution in [3.63, 3.8) is 0 Å². The molecule has 3 rings (SSSR count). The van der Waals surface area contributed by atoms with Crippen LogP contribution in [0.3, 0.4) is 0 Å². The Balaban J connectivity index is 1.89. The number of carbonyl (C=O) groups is 1. The molecule has 6 nitrogen and oxygen atoms in total. The Morgan fingerprint density at radius 2 is 1.97 bits per heavy atom. The maximum Gasteiger partial charge on any atom is 0.307 e. The monoisotopic (exact) mass is 415 g/mol. The highest BCUT2D eigenvalue weighted by molar-refractivity contribution is 7.89. The zero-order valence-electron chi connectivity index (χ0n) is 16.2. The molecule has 1 unspecified atom stereocenters. The lowest BCUT2D eigenvalue weighted by molar-refractivity contribution is -0.136. The topological polar surface area (TPSA) is 83.9 Å². The van der Waals surface area contributed by atoms with Crippen molar-refractivity contribution in [2.45, 2.75) is 25.2 Å². The average Bonchev–Trinajstić information content (AvgIpc) is 2.68. The average molecular weight is 416 g/mol. The van der Waals surface area contributed by atoms with Gasteiger partial charge in [-0.25, -0.2) is 12.7 Å². The predicted octanol–water partition coefficient (Wildman–Crippen LogP) is 3.80. The van der Waals surface area contributed by atoms with Crippen molar-refractivity contribution in [2.75, 3.05) is 18.8 Å². The third kappa shape index (κ3) is 5.68. The number of para-hydroxylation sites is 1. The molecule has 0 aliphatic carbocycles. The number of carboxylic acids is 1. The number of ether oxygens (including phenoxy) is 1. The van der Waals surface area contributed by atoms with Crippen LogP contribution in [-0.4, -0.2) is 42.6 Å². The largest absolute Gasteiger partial charge is 0.481 e. The molecule has 1 heterocycles. The van der Waals surface area contributed by atoms with Crippen LogP contribution in [0.15, 0.2) is 61.2 Å². The van der Waals surface area contributed by atoms with Crippen LogP contribution in [0.1, 0.15) is 29.9 Å². The first-order valence-corrected chi connectivity index (χ1v) is 11.2. The van der Waals surface area contributed by atoms with Gasteiger partial charge in [-0.05, 0) is 54.2 Å². The van der Waals surface area contributed by atoms with Crippen LogP contribution < -0.4 is 4.74 Å². The second kappa shape index (κ2) is 9.24. The molecule has 2 aromatic rings. The molecule has 1 saturated heterocycles. The number of sulfonamides is 1. The van der Waals surface area contributed by atoms with Crippen molar-refractivity contribution >= 4 is 16.0 Å². The molecule has 1 aliphatic rings. The van der Waals surface area contributed by atoms with Crippen LogP contribution in [0, 0.1) is 0 Å². The minimum Gasteiger partial charge on any atom is -0.481 e. The molecule has 154 valence electrons. The molecule has 0 radical (unpaired) electrons. The highest BCUT2D eigenvalue weighted by atomic mass is 32.2. The van der Waals surface area contributed by atoms with Crippen molar-refractivity contribution in [3.05, 3.63) is 72.3 Å². The molecule has 7 heteroatoms. The third-order valence-electron chi connectivity index (χ3n) is 4.90. The second-order valence-corrected chi connectivity index (χ2v) is 9.17. The van der Waals surface area contributed by atoms with E-state index in [1.807, 2.05) is 42.5 Å². The fraction of sp³-hybridized carbons (Fsp3) is 0.318. The number of carboxylic acid groups (broad SMARTS) is 1. The Labute approximate surface area is 171 Å². The Morgan fingerprint density at radius 1 is 1.21 bits per heavy atom. The fourth-order valence-electron chi connectivity index (χ4n) is 3.60. The Bertz CT molecular complexity index is 972. The van der Waals surface area contributed by atoms with E-state index in [-0.39, 0.29) is 18.1 Å². The summed E-state index contributed by atoms with van der Waals surface area (Å²) < 4.78 is 32.3.